The van der Waals surface area contributed by atoms with Gasteiger partial charge in [-0.1, -0.05) is 13.8 Å². The molecule has 0 aliphatic heterocycles. The summed E-state index contributed by atoms with van der Waals surface area (Å²) in [5.74, 6) is 1.80. The fourth-order valence-corrected chi connectivity index (χ4v) is 1.59. The van der Waals surface area contributed by atoms with Crippen molar-refractivity contribution in [2.75, 3.05) is 19.7 Å². The third-order valence-corrected chi connectivity index (χ3v) is 2.49. The molecule has 3 nitrogen and oxygen atoms in total. The molecule has 102 valence electrons. The second-order valence-electron chi connectivity index (χ2n) is 4.45. The minimum Gasteiger partial charge on any atom is -0.494 e. The molecule has 1 atom stereocenters. The highest BCUT2D eigenvalue weighted by Crippen LogP contribution is 2.18. The Morgan fingerprint density at radius 2 is 1.72 bits per heavy atom. The van der Waals surface area contributed by atoms with E-state index in [0.29, 0.717) is 0 Å². The third kappa shape index (κ3) is 5.92. The molecule has 0 spiro atoms. The van der Waals surface area contributed by atoms with E-state index in [0.717, 1.165) is 44.0 Å². The van der Waals surface area contributed by atoms with Gasteiger partial charge in [-0.25, -0.2) is 0 Å². The Kier molecular flexibility index (Phi) is 7.26. The molecule has 0 saturated carbocycles. The van der Waals surface area contributed by atoms with E-state index in [2.05, 4.69) is 26.1 Å². The molecule has 0 bridgehead atoms. The van der Waals surface area contributed by atoms with Crippen molar-refractivity contribution in [2.45, 2.75) is 39.7 Å². The Bertz CT molecular complexity index is 311. The summed E-state index contributed by atoms with van der Waals surface area (Å²) in [5.41, 5.74) is 0. The summed E-state index contributed by atoms with van der Waals surface area (Å²) in [6, 6.07) is 7.83. The normalized spacial score (nSPS) is 12.2. The first kappa shape index (κ1) is 14.8. The molecule has 0 saturated heterocycles. The lowest BCUT2D eigenvalue weighted by Gasteiger charge is -2.15. The highest BCUT2D eigenvalue weighted by atomic mass is 16.5. The number of nitrogens with one attached hydrogen (secondary N) is 1. The summed E-state index contributed by atoms with van der Waals surface area (Å²) < 4.78 is 11.3. The summed E-state index contributed by atoms with van der Waals surface area (Å²) in [6.45, 7) is 9.01. The van der Waals surface area contributed by atoms with Gasteiger partial charge in [0.2, 0.25) is 0 Å². The van der Waals surface area contributed by atoms with E-state index in [1.54, 1.807) is 0 Å². The molecule has 3 heteroatoms. The van der Waals surface area contributed by atoms with E-state index >= 15 is 0 Å². The number of ether oxygens (including phenoxy) is 2. The molecule has 1 aromatic rings. The SMILES string of the molecule is CCCNCC(C)Oc1ccc(OCCC)cc1. The number of rotatable bonds is 9. The molecular formula is C15H25NO2. The molecule has 0 aromatic heterocycles. The van der Waals surface area contributed by atoms with E-state index in [-0.39, 0.29) is 6.10 Å². The zero-order valence-electron chi connectivity index (χ0n) is 11.7. The number of benzene rings is 1. The fourth-order valence-electron chi connectivity index (χ4n) is 1.59. The Balaban J connectivity index is 2.33. The second-order valence-corrected chi connectivity index (χ2v) is 4.45. The monoisotopic (exact) mass is 251 g/mol. The Morgan fingerprint density at radius 1 is 1.06 bits per heavy atom. The van der Waals surface area contributed by atoms with Crippen LogP contribution in [-0.2, 0) is 0 Å². The Labute approximate surface area is 110 Å². The van der Waals surface area contributed by atoms with E-state index in [1.165, 1.54) is 0 Å². The van der Waals surface area contributed by atoms with Crippen LogP contribution in [0, 0.1) is 0 Å². The van der Waals surface area contributed by atoms with Gasteiger partial charge < -0.3 is 14.8 Å². The van der Waals surface area contributed by atoms with E-state index in [9.17, 15) is 0 Å². The van der Waals surface area contributed by atoms with Gasteiger partial charge in [-0.2, -0.15) is 0 Å². The molecule has 0 heterocycles. The maximum atomic E-state index is 5.80. The molecule has 1 rings (SSSR count). The van der Waals surface area contributed by atoms with E-state index < -0.39 is 0 Å². The summed E-state index contributed by atoms with van der Waals surface area (Å²) in [6.07, 6.45) is 2.35. The highest BCUT2D eigenvalue weighted by Gasteiger charge is 2.03. The first-order valence-corrected chi connectivity index (χ1v) is 6.86. The van der Waals surface area contributed by atoms with Crippen LogP contribution in [-0.4, -0.2) is 25.8 Å². The predicted molar refractivity (Wildman–Crippen MR) is 75.5 cm³/mol. The lowest BCUT2D eigenvalue weighted by Crippen LogP contribution is -2.29. The largest absolute Gasteiger partial charge is 0.494 e. The molecule has 18 heavy (non-hydrogen) atoms. The van der Waals surface area contributed by atoms with Gasteiger partial charge in [0, 0.05) is 6.54 Å². The maximum Gasteiger partial charge on any atom is 0.120 e. The van der Waals surface area contributed by atoms with Crippen LogP contribution in [0.25, 0.3) is 0 Å². The van der Waals surface area contributed by atoms with Gasteiger partial charge in [0.1, 0.15) is 17.6 Å². The summed E-state index contributed by atoms with van der Waals surface area (Å²) in [4.78, 5) is 0. The lowest BCUT2D eigenvalue weighted by molar-refractivity contribution is 0.217. The van der Waals surface area contributed by atoms with Crippen LogP contribution in [0.4, 0.5) is 0 Å². The standard InChI is InChI=1S/C15H25NO2/c1-4-10-16-12-13(3)18-15-8-6-14(7-9-15)17-11-5-2/h6-9,13,16H,4-5,10-12H2,1-3H3. The first-order chi connectivity index (χ1) is 8.76. The topological polar surface area (TPSA) is 30.5 Å². The molecule has 0 fully saturated rings. The van der Waals surface area contributed by atoms with Gasteiger partial charge in [-0.15, -0.1) is 0 Å². The quantitative estimate of drug-likeness (QED) is 0.683. The van der Waals surface area contributed by atoms with Crippen LogP contribution in [0.15, 0.2) is 24.3 Å². The fraction of sp³-hybridized carbons (Fsp3) is 0.600. The van der Waals surface area contributed by atoms with Crippen molar-refractivity contribution >= 4 is 0 Å². The van der Waals surface area contributed by atoms with Gasteiger partial charge in [-0.3, -0.25) is 0 Å². The van der Waals surface area contributed by atoms with Gasteiger partial charge in [0.05, 0.1) is 6.61 Å². The Morgan fingerprint density at radius 3 is 2.33 bits per heavy atom. The first-order valence-electron chi connectivity index (χ1n) is 6.86. The molecule has 0 aliphatic carbocycles. The minimum absolute atomic E-state index is 0.180. The van der Waals surface area contributed by atoms with Crippen molar-refractivity contribution in [1.82, 2.24) is 5.32 Å². The Hall–Kier alpha value is -1.22. The van der Waals surface area contributed by atoms with Crippen molar-refractivity contribution in [3.05, 3.63) is 24.3 Å². The molecule has 1 N–H and O–H groups in total. The van der Waals surface area contributed by atoms with Gasteiger partial charge in [0.15, 0.2) is 0 Å². The van der Waals surface area contributed by atoms with Crippen molar-refractivity contribution in [3.8, 4) is 11.5 Å². The zero-order valence-corrected chi connectivity index (χ0v) is 11.7. The van der Waals surface area contributed by atoms with Crippen LogP contribution >= 0.6 is 0 Å². The van der Waals surface area contributed by atoms with Gasteiger partial charge >= 0.3 is 0 Å². The average Bonchev–Trinajstić information content (AvgIpc) is 2.38. The maximum absolute atomic E-state index is 5.80. The van der Waals surface area contributed by atoms with Gasteiger partial charge in [-0.05, 0) is 50.6 Å². The smallest absolute Gasteiger partial charge is 0.120 e. The molecule has 1 aromatic carbocycles. The number of hydrogen-bond donors (Lipinski definition) is 1. The number of hydrogen-bond acceptors (Lipinski definition) is 3. The van der Waals surface area contributed by atoms with E-state index in [1.807, 2.05) is 24.3 Å². The van der Waals surface area contributed by atoms with Gasteiger partial charge in [0.25, 0.3) is 0 Å². The molecular weight excluding hydrogens is 226 g/mol. The van der Waals surface area contributed by atoms with Crippen molar-refractivity contribution in [2.24, 2.45) is 0 Å². The molecule has 1 unspecified atom stereocenters. The summed E-state index contributed by atoms with van der Waals surface area (Å²) >= 11 is 0. The lowest BCUT2D eigenvalue weighted by atomic mass is 10.3. The highest BCUT2D eigenvalue weighted by molar-refractivity contribution is 5.31. The molecule has 0 amide bonds. The van der Waals surface area contributed by atoms with Crippen molar-refractivity contribution in [3.63, 3.8) is 0 Å². The second kappa shape index (κ2) is 8.81. The van der Waals surface area contributed by atoms with Crippen LogP contribution in [0.5, 0.6) is 11.5 Å². The van der Waals surface area contributed by atoms with Crippen LogP contribution < -0.4 is 14.8 Å². The van der Waals surface area contributed by atoms with E-state index in [4.69, 9.17) is 9.47 Å². The van der Waals surface area contributed by atoms with Crippen LogP contribution in [0.1, 0.15) is 33.6 Å². The van der Waals surface area contributed by atoms with Crippen molar-refractivity contribution in [1.29, 1.82) is 0 Å². The molecule has 0 radical (unpaired) electrons. The molecule has 0 aliphatic rings. The summed E-state index contributed by atoms with van der Waals surface area (Å²) in [5, 5.41) is 3.34. The summed E-state index contributed by atoms with van der Waals surface area (Å²) in [7, 11) is 0. The van der Waals surface area contributed by atoms with Crippen LogP contribution in [0.3, 0.4) is 0 Å². The third-order valence-electron chi connectivity index (χ3n) is 2.49. The zero-order chi connectivity index (χ0) is 13.2. The van der Waals surface area contributed by atoms with Crippen molar-refractivity contribution < 1.29 is 9.47 Å². The average molecular weight is 251 g/mol. The predicted octanol–water partition coefficient (Wildman–Crippen LogP) is 3.24. The van der Waals surface area contributed by atoms with Crippen LogP contribution in [0.2, 0.25) is 0 Å². The minimum atomic E-state index is 0.180.